The maximum atomic E-state index is 13.4. The Morgan fingerprint density at radius 2 is 2.21 bits per heavy atom. The average Bonchev–Trinajstić information content (AvgIpc) is 3.22. The first-order valence-electron chi connectivity index (χ1n) is 10.0. The molecular weight excluding hydrogens is 493 g/mol. The summed E-state index contributed by atoms with van der Waals surface area (Å²) in [6.45, 7) is -1.26. The van der Waals surface area contributed by atoms with Crippen molar-refractivity contribution in [1.82, 2.24) is 20.0 Å². The van der Waals surface area contributed by atoms with Crippen LogP contribution >= 0.6 is 18.1 Å². The van der Waals surface area contributed by atoms with E-state index in [2.05, 4.69) is 30.2 Å². The van der Waals surface area contributed by atoms with Crippen LogP contribution in [0.2, 0.25) is 0 Å². The molecule has 0 aliphatic carbocycles. The molecule has 15 nitrogen and oxygen atoms in total. The number of nitrogens with one attached hydrogen (secondary N) is 3. The van der Waals surface area contributed by atoms with E-state index in [-0.39, 0.29) is 17.7 Å². The van der Waals surface area contributed by atoms with Crippen molar-refractivity contribution >= 4 is 30.0 Å². The fraction of sp³-hybridized carbons (Fsp3) is 0.647. The number of ether oxygens (including phenoxy) is 2. The van der Waals surface area contributed by atoms with E-state index in [0.717, 1.165) is 7.11 Å². The zero-order valence-electron chi connectivity index (χ0n) is 18.9. The molecule has 0 radical (unpaired) electrons. The lowest BCUT2D eigenvalue weighted by Gasteiger charge is -2.27. The molecule has 2 unspecified atom stereocenters. The number of carbonyl (C=O) groups excluding carboxylic acids is 2. The van der Waals surface area contributed by atoms with Gasteiger partial charge in [-0.05, 0) is 30.8 Å². The van der Waals surface area contributed by atoms with Gasteiger partial charge in [-0.1, -0.05) is 5.11 Å². The Morgan fingerprint density at radius 1 is 1.50 bits per heavy atom. The molecule has 1 fully saturated rings. The van der Waals surface area contributed by atoms with Crippen LogP contribution in [0.1, 0.15) is 25.1 Å². The zero-order valence-corrected chi connectivity index (χ0v) is 20.6. The average molecular weight is 519 g/mol. The lowest BCUT2D eigenvalue weighted by molar-refractivity contribution is -0.139. The summed E-state index contributed by atoms with van der Waals surface area (Å²) in [6.07, 6.45) is -1.38. The van der Waals surface area contributed by atoms with E-state index in [4.69, 9.17) is 14.8 Å². The fourth-order valence-corrected chi connectivity index (χ4v) is 6.55. The Morgan fingerprint density at radius 3 is 2.82 bits per heavy atom. The number of aromatic nitrogens is 2. The largest absolute Gasteiger partial charge is 0.468 e. The minimum atomic E-state index is -3.85. The van der Waals surface area contributed by atoms with Crippen LogP contribution in [-0.4, -0.2) is 66.1 Å². The van der Waals surface area contributed by atoms with E-state index in [1.165, 1.54) is 31.7 Å². The molecule has 1 aromatic heterocycles. The number of amides is 1. The molecule has 17 heteroatoms. The molecule has 2 rings (SSSR count). The first-order valence-corrected chi connectivity index (χ1v) is 13.2. The molecule has 1 aromatic rings. The summed E-state index contributed by atoms with van der Waals surface area (Å²) in [5.74, 6) is -1.35. The molecule has 0 spiro atoms. The highest BCUT2D eigenvalue weighted by atomic mass is 32.7. The molecule has 0 saturated carbocycles. The molecule has 0 bridgehead atoms. The molecule has 1 saturated heterocycles. The fourth-order valence-electron chi connectivity index (χ4n) is 3.09. The van der Waals surface area contributed by atoms with Gasteiger partial charge in [-0.25, -0.2) is 9.88 Å². The monoisotopic (exact) mass is 519 g/mol. The quantitative estimate of drug-likeness (QED) is 0.122. The summed E-state index contributed by atoms with van der Waals surface area (Å²) in [5.41, 5.74) is 8.01. The van der Waals surface area contributed by atoms with Gasteiger partial charge in [0.15, 0.2) is 0 Å². The smallest absolute Gasteiger partial charge is 0.330 e. The van der Waals surface area contributed by atoms with Gasteiger partial charge in [0, 0.05) is 30.1 Å². The highest BCUT2D eigenvalue weighted by molar-refractivity contribution is 8.56. The molecule has 3 N–H and O–H groups in total. The third-order valence-electron chi connectivity index (χ3n) is 4.85. The summed E-state index contributed by atoms with van der Waals surface area (Å²) in [6, 6.07) is -0.804. The van der Waals surface area contributed by atoms with Crippen LogP contribution in [0.5, 0.6) is 0 Å². The number of methoxy groups -OCH3 is 1. The van der Waals surface area contributed by atoms with Crippen LogP contribution < -0.4 is 21.7 Å². The van der Waals surface area contributed by atoms with Crippen LogP contribution in [0.15, 0.2) is 20.9 Å². The second kappa shape index (κ2) is 12.2. The molecule has 1 aliphatic heterocycles. The van der Waals surface area contributed by atoms with Crippen molar-refractivity contribution in [2.24, 2.45) is 5.11 Å². The van der Waals surface area contributed by atoms with E-state index < -0.39 is 60.9 Å². The molecule has 34 heavy (non-hydrogen) atoms. The third-order valence-corrected chi connectivity index (χ3v) is 8.79. The van der Waals surface area contributed by atoms with Gasteiger partial charge in [0.1, 0.15) is 12.8 Å². The number of carbonyl (C=O) groups is 2. The standard InChI is InChI=1S/C17H26N7O8PS/c1-9-7-24(17(28)21-16(9)27)13-5-11(22-23-18)15(31-13)10(2)32-33(29,20-6-14(26)30-4)34-8-12(25)19-3/h7,10-11,13,15H,5-6,8H2,1-4H3,(H,19,25)(H,20,29)(H,21,27,28)/t10?,11-,13+,15+,33?/m0/s1. The lowest BCUT2D eigenvalue weighted by atomic mass is 10.1. The third kappa shape index (κ3) is 7.19. The van der Waals surface area contributed by atoms with E-state index in [0.29, 0.717) is 11.4 Å². The van der Waals surface area contributed by atoms with Gasteiger partial charge in [0.25, 0.3) is 5.56 Å². The first kappa shape index (κ1) is 27.6. The minimum Gasteiger partial charge on any atom is -0.468 e. The SMILES string of the molecule is CNC(=O)CSP(=O)(NCC(=O)OC)OC(C)[C@H]1O[C@@H](n2cc(C)c(=O)[nH]c2=O)C[C@@H]1N=[N+]=[N-]. The highest BCUT2D eigenvalue weighted by Gasteiger charge is 2.42. The number of azide groups is 1. The number of esters is 1. The van der Waals surface area contributed by atoms with Crippen molar-refractivity contribution in [3.63, 3.8) is 0 Å². The van der Waals surface area contributed by atoms with Crippen molar-refractivity contribution in [1.29, 1.82) is 0 Å². The number of hydrogen-bond donors (Lipinski definition) is 3. The Hall–Kier alpha value is -2.61. The van der Waals surface area contributed by atoms with Crippen molar-refractivity contribution < 1.29 is 28.2 Å². The number of nitrogens with zero attached hydrogens (tertiary/aromatic N) is 4. The topological polar surface area (TPSA) is 207 Å². The highest BCUT2D eigenvalue weighted by Crippen LogP contribution is 2.57. The summed E-state index contributed by atoms with van der Waals surface area (Å²) >= 11 is 0.662. The second-order valence-corrected chi connectivity index (χ2v) is 11.5. The van der Waals surface area contributed by atoms with Crippen LogP contribution in [0.25, 0.3) is 10.4 Å². The second-order valence-electron chi connectivity index (χ2n) is 7.21. The van der Waals surface area contributed by atoms with Crippen molar-refractivity contribution in [3.05, 3.63) is 43.0 Å². The first-order chi connectivity index (χ1) is 16.0. The molecule has 1 amide bonds. The van der Waals surface area contributed by atoms with Crippen molar-refractivity contribution in [3.8, 4) is 0 Å². The summed E-state index contributed by atoms with van der Waals surface area (Å²) in [4.78, 5) is 52.1. The number of H-pyrrole nitrogens is 1. The van der Waals surface area contributed by atoms with E-state index in [1.54, 1.807) is 0 Å². The Labute approximate surface area is 197 Å². The molecule has 0 aromatic carbocycles. The van der Waals surface area contributed by atoms with Gasteiger partial charge in [-0.15, -0.1) is 0 Å². The van der Waals surface area contributed by atoms with Gasteiger partial charge in [-0.3, -0.25) is 28.5 Å². The molecule has 1 aliphatic rings. The summed E-state index contributed by atoms with van der Waals surface area (Å²) in [5, 5.41) is 8.58. The zero-order chi connectivity index (χ0) is 25.5. The number of aryl methyl sites for hydroxylation is 1. The van der Waals surface area contributed by atoms with Crippen LogP contribution in [0.3, 0.4) is 0 Å². The van der Waals surface area contributed by atoms with Crippen LogP contribution in [0, 0.1) is 6.92 Å². The number of rotatable bonds is 11. The lowest BCUT2D eigenvalue weighted by Crippen LogP contribution is -2.35. The molecule has 188 valence electrons. The van der Waals surface area contributed by atoms with E-state index in [9.17, 15) is 23.7 Å². The normalized spacial score (nSPS) is 22.3. The van der Waals surface area contributed by atoms with Crippen LogP contribution in [-0.2, 0) is 28.2 Å². The molecule has 5 atom stereocenters. The van der Waals surface area contributed by atoms with Gasteiger partial charge in [0.2, 0.25) is 5.91 Å². The van der Waals surface area contributed by atoms with Gasteiger partial charge >= 0.3 is 18.4 Å². The van der Waals surface area contributed by atoms with Gasteiger partial charge < -0.3 is 19.3 Å². The molecular formula is C17H26N7O8PS. The Kier molecular flexibility index (Phi) is 9.91. The number of hydrogen-bond acceptors (Lipinski definition) is 10. The van der Waals surface area contributed by atoms with Crippen molar-refractivity contribution in [2.75, 3.05) is 26.5 Å². The maximum absolute atomic E-state index is 13.4. The number of aromatic amines is 1. The Bertz CT molecular complexity index is 1090. The van der Waals surface area contributed by atoms with E-state index >= 15 is 0 Å². The van der Waals surface area contributed by atoms with E-state index in [1.807, 2.05) is 0 Å². The molecule has 2 heterocycles. The minimum absolute atomic E-state index is 0.0824. The van der Waals surface area contributed by atoms with Crippen molar-refractivity contribution in [2.45, 2.75) is 44.7 Å². The van der Waals surface area contributed by atoms with Crippen LogP contribution in [0.4, 0.5) is 0 Å². The predicted octanol–water partition coefficient (Wildman–Crippen LogP) is 0.566. The van der Waals surface area contributed by atoms with Gasteiger partial charge in [0.05, 0.1) is 31.1 Å². The maximum Gasteiger partial charge on any atom is 0.330 e. The summed E-state index contributed by atoms with van der Waals surface area (Å²) < 4.78 is 30.7. The predicted molar refractivity (Wildman–Crippen MR) is 122 cm³/mol. The van der Waals surface area contributed by atoms with Gasteiger partial charge in [-0.2, -0.15) is 0 Å². The summed E-state index contributed by atoms with van der Waals surface area (Å²) in [7, 11) is 2.57. The Balaban J connectivity index is 2.26.